The molecule has 0 saturated heterocycles. The fraction of sp³-hybridized carbons (Fsp3) is 0.0741. The Morgan fingerprint density at radius 1 is 0.882 bits per heavy atom. The van der Waals surface area contributed by atoms with Crippen LogP contribution in [0.1, 0.15) is 22.8 Å². The molecule has 170 valence electrons. The molecule has 0 radical (unpaired) electrons. The number of hydrogen-bond acceptors (Lipinski definition) is 5. The van der Waals surface area contributed by atoms with Crippen molar-refractivity contribution in [2.45, 2.75) is 13.0 Å². The summed E-state index contributed by atoms with van der Waals surface area (Å²) in [6.45, 7) is 1.66. The van der Waals surface area contributed by atoms with E-state index in [-0.39, 0.29) is 5.91 Å². The molecule has 0 fully saturated rings. The molecule has 1 amide bonds. The van der Waals surface area contributed by atoms with Gasteiger partial charge in [-0.2, -0.15) is 5.10 Å². The number of fused-ring (bicyclic) bond motifs is 1. The quantitative estimate of drug-likeness (QED) is 0.147. The van der Waals surface area contributed by atoms with Crippen molar-refractivity contribution in [3.63, 3.8) is 0 Å². The topological polar surface area (TPSA) is 77.0 Å². The first-order valence-corrected chi connectivity index (χ1v) is 11.3. The number of hydrogen-bond donors (Lipinski definition) is 1. The number of benzene rings is 4. The molecule has 0 aromatic heterocycles. The summed E-state index contributed by atoms with van der Waals surface area (Å²) in [5.74, 6) is 0.205. The van der Waals surface area contributed by atoms with Crippen molar-refractivity contribution in [1.82, 2.24) is 5.43 Å². The van der Waals surface area contributed by atoms with E-state index in [9.17, 15) is 9.59 Å². The fourth-order valence-corrected chi connectivity index (χ4v) is 3.40. The highest BCUT2D eigenvalue weighted by Gasteiger charge is 2.14. The minimum atomic E-state index is -0.723. The van der Waals surface area contributed by atoms with Crippen LogP contribution in [0.5, 0.6) is 11.5 Å². The summed E-state index contributed by atoms with van der Waals surface area (Å²) in [5, 5.41) is 6.12. The molecule has 0 heterocycles. The lowest BCUT2D eigenvalue weighted by Gasteiger charge is -2.13. The van der Waals surface area contributed by atoms with E-state index in [4.69, 9.17) is 9.47 Å². The van der Waals surface area contributed by atoms with Gasteiger partial charge in [0.05, 0.1) is 11.8 Å². The van der Waals surface area contributed by atoms with Crippen LogP contribution in [0.25, 0.3) is 10.8 Å². The van der Waals surface area contributed by atoms with Crippen LogP contribution < -0.4 is 14.9 Å². The lowest BCUT2D eigenvalue weighted by atomic mass is 10.1. The van der Waals surface area contributed by atoms with Crippen LogP contribution in [0.3, 0.4) is 0 Å². The summed E-state index contributed by atoms with van der Waals surface area (Å²) >= 11 is 3.33. The Morgan fingerprint density at radius 3 is 2.29 bits per heavy atom. The smallest absolute Gasteiger partial charge is 0.343 e. The maximum Gasteiger partial charge on any atom is 0.343 e. The van der Waals surface area contributed by atoms with E-state index < -0.39 is 12.1 Å². The summed E-state index contributed by atoms with van der Waals surface area (Å²) in [7, 11) is 0. The highest BCUT2D eigenvalue weighted by atomic mass is 79.9. The fourth-order valence-electron chi connectivity index (χ4n) is 3.13. The van der Waals surface area contributed by atoms with Gasteiger partial charge in [-0.05, 0) is 83.9 Å². The highest BCUT2D eigenvalue weighted by Crippen LogP contribution is 2.21. The Bertz CT molecular complexity index is 1340. The second-order valence-corrected chi connectivity index (χ2v) is 8.38. The van der Waals surface area contributed by atoms with Crippen LogP contribution in [0.4, 0.5) is 0 Å². The van der Waals surface area contributed by atoms with Crippen LogP contribution in [0.2, 0.25) is 0 Å². The van der Waals surface area contributed by atoms with Gasteiger partial charge in [0.2, 0.25) is 0 Å². The van der Waals surface area contributed by atoms with Crippen LogP contribution in [-0.2, 0) is 4.79 Å². The number of rotatable bonds is 7. The molecular formula is C27H21BrN2O4. The molecule has 0 aliphatic rings. The summed E-state index contributed by atoms with van der Waals surface area (Å²) in [5.41, 5.74) is 3.66. The van der Waals surface area contributed by atoms with Crippen LogP contribution in [0, 0.1) is 0 Å². The molecule has 0 unspecified atom stereocenters. The molecule has 6 nitrogen and oxygen atoms in total. The molecule has 4 aromatic rings. The average molecular weight is 517 g/mol. The van der Waals surface area contributed by atoms with Crippen LogP contribution >= 0.6 is 15.9 Å². The SMILES string of the molecule is C[C@@H](Oc1ccc2ccccc2c1)C(=O)N/N=C\c1ccc(OC(=O)c2ccc(Br)cc2)cc1. The highest BCUT2D eigenvalue weighted by molar-refractivity contribution is 9.10. The lowest BCUT2D eigenvalue weighted by Crippen LogP contribution is -2.33. The molecular weight excluding hydrogens is 496 g/mol. The minimum Gasteiger partial charge on any atom is -0.481 e. The average Bonchev–Trinajstić information content (AvgIpc) is 2.85. The molecule has 7 heteroatoms. The van der Waals surface area contributed by atoms with Crippen LogP contribution in [-0.4, -0.2) is 24.2 Å². The first-order valence-electron chi connectivity index (χ1n) is 10.5. The molecule has 1 atom stereocenters. The van der Waals surface area contributed by atoms with Gasteiger partial charge in [-0.15, -0.1) is 0 Å². The Kier molecular flexibility index (Phi) is 7.34. The van der Waals surface area contributed by atoms with Gasteiger partial charge in [0.15, 0.2) is 6.10 Å². The number of carbonyl (C=O) groups is 2. The maximum absolute atomic E-state index is 12.3. The van der Waals surface area contributed by atoms with Crippen molar-refractivity contribution >= 4 is 44.8 Å². The van der Waals surface area contributed by atoms with Crippen molar-refractivity contribution < 1.29 is 19.1 Å². The van der Waals surface area contributed by atoms with Gasteiger partial charge in [-0.25, -0.2) is 10.2 Å². The van der Waals surface area contributed by atoms with Crippen molar-refractivity contribution in [1.29, 1.82) is 0 Å². The Labute approximate surface area is 205 Å². The maximum atomic E-state index is 12.3. The molecule has 0 bridgehead atoms. The summed E-state index contributed by atoms with van der Waals surface area (Å²) in [6, 6.07) is 27.3. The first kappa shape index (κ1) is 23.2. The lowest BCUT2D eigenvalue weighted by molar-refractivity contribution is -0.127. The predicted molar refractivity (Wildman–Crippen MR) is 135 cm³/mol. The zero-order valence-corrected chi connectivity index (χ0v) is 19.9. The van der Waals surface area contributed by atoms with Crippen LogP contribution in [0.15, 0.2) is 101 Å². The number of esters is 1. The Hall–Kier alpha value is -3.97. The molecule has 0 spiro atoms. The monoisotopic (exact) mass is 516 g/mol. The molecule has 0 aliphatic heterocycles. The third-order valence-corrected chi connectivity index (χ3v) is 5.49. The normalized spacial score (nSPS) is 11.8. The molecule has 0 saturated carbocycles. The number of amides is 1. The summed E-state index contributed by atoms with van der Waals surface area (Å²) in [6.07, 6.45) is 0.778. The van der Waals surface area contributed by atoms with E-state index in [1.807, 2.05) is 42.5 Å². The van der Waals surface area contributed by atoms with E-state index in [2.05, 4.69) is 26.5 Å². The third-order valence-electron chi connectivity index (χ3n) is 4.96. The Morgan fingerprint density at radius 2 is 1.56 bits per heavy atom. The minimum absolute atomic E-state index is 0.371. The zero-order chi connectivity index (χ0) is 23.9. The number of ether oxygens (including phenoxy) is 2. The number of halogens is 1. The van der Waals surface area contributed by atoms with Gasteiger partial charge in [0.1, 0.15) is 11.5 Å². The second kappa shape index (κ2) is 10.8. The first-order chi connectivity index (χ1) is 16.5. The number of nitrogens with one attached hydrogen (secondary N) is 1. The molecule has 4 rings (SSSR count). The molecule has 0 aliphatic carbocycles. The third kappa shape index (κ3) is 6.08. The molecule has 4 aromatic carbocycles. The standard InChI is InChI=1S/C27H21BrN2O4/c1-18(33-25-15-10-20-4-2-3-5-22(20)16-25)26(31)30-29-17-19-6-13-24(14-7-19)34-27(32)21-8-11-23(28)12-9-21/h2-18H,1H3,(H,30,31)/b29-17-/t18-/m1/s1. The van der Waals surface area contributed by atoms with Crippen molar-refractivity contribution in [2.24, 2.45) is 5.10 Å². The molecule has 34 heavy (non-hydrogen) atoms. The van der Waals surface area contributed by atoms with Gasteiger partial charge in [-0.1, -0.05) is 46.3 Å². The summed E-state index contributed by atoms with van der Waals surface area (Å²) in [4.78, 5) is 24.5. The van der Waals surface area contributed by atoms with Gasteiger partial charge in [0, 0.05) is 4.47 Å². The number of carbonyl (C=O) groups excluding carboxylic acids is 2. The van der Waals surface area contributed by atoms with Gasteiger partial charge in [0.25, 0.3) is 5.91 Å². The summed E-state index contributed by atoms with van der Waals surface area (Å²) < 4.78 is 12.0. The van der Waals surface area contributed by atoms with Crippen molar-refractivity contribution in [3.05, 3.63) is 107 Å². The van der Waals surface area contributed by atoms with E-state index in [1.54, 1.807) is 55.5 Å². The van der Waals surface area contributed by atoms with E-state index in [0.29, 0.717) is 17.1 Å². The second-order valence-electron chi connectivity index (χ2n) is 7.47. The van der Waals surface area contributed by atoms with Gasteiger partial charge in [-0.3, -0.25) is 4.79 Å². The molecule has 1 N–H and O–H groups in total. The number of nitrogens with zero attached hydrogens (tertiary/aromatic N) is 1. The van der Waals surface area contributed by atoms with Crippen molar-refractivity contribution in [3.8, 4) is 11.5 Å². The van der Waals surface area contributed by atoms with Gasteiger partial charge < -0.3 is 9.47 Å². The zero-order valence-electron chi connectivity index (χ0n) is 18.3. The van der Waals surface area contributed by atoms with E-state index >= 15 is 0 Å². The van der Waals surface area contributed by atoms with Gasteiger partial charge >= 0.3 is 5.97 Å². The largest absolute Gasteiger partial charge is 0.481 e. The van der Waals surface area contributed by atoms with E-state index in [1.165, 1.54) is 6.21 Å². The number of hydrazone groups is 1. The van der Waals surface area contributed by atoms with Crippen molar-refractivity contribution in [2.75, 3.05) is 0 Å². The predicted octanol–water partition coefficient (Wildman–Crippen LogP) is 5.74. The van der Waals surface area contributed by atoms with E-state index in [0.717, 1.165) is 20.8 Å². The Balaban J connectivity index is 1.28.